The Kier molecular flexibility index (Phi) is 3.40. The maximum Gasteiger partial charge on any atom is 0.142 e. The summed E-state index contributed by atoms with van der Waals surface area (Å²) in [5, 5.41) is 8.33. The molecule has 1 aromatic rings. The van der Waals surface area contributed by atoms with Gasteiger partial charge in [0.25, 0.3) is 0 Å². The molecule has 68 valence electrons. The van der Waals surface area contributed by atoms with Gasteiger partial charge in [0, 0.05) is 5.56 Å². The molecule has 0 aliphatic carbocycles. The largest absolute Gasteiger partial charge is 0.206 e. The van der Waals surface area contributed by atoms with E-state index in [1.54, 1.807) is 6.07 Å². The summed E-state index contributed by atoms with van der Waals surface area (Å²) >= 11 is 5.75. The molecule has 0 saturated heterocycles. The molecule has 1 nitrogen and oxygen atoms in total. The zero-order chi connectivity index (χ0) is 10.0. The Morgan fingerprint density at radius 3 is 2.46 bits per heavy atom. The number of hydrogen-bond donors (Lipinski definition) is 0. The molecular weight excluding hydrogens is 308 g/mol. The third kappa shape index (κ3) is 2.06. The number of benzene rings is 1. The van der Waals surface area contributed by atoms with Crippen molar-refractivity contribution in [3.8, 4) is 6.07 Å². The molecule has 0 aliphatic heterocycles. The smallest absolute Gasteiger partial charge is 0.142 e. The lowest BCUT2D eigenvalue weighted by Crippen LogP contribution is -1.94. The van der Waals surface area contributed by atoms with Crippen LogP contribution in [0.2, 0.25) is 0 Å². The molecule has 0 aromatic heterocycles. The molecule has 13 heavy (non-hydrogen) atoms. The van der Waals surface area contributed by atoms with Crippen LogP contribution in [0.3, 0.4) is 0 Å². The van der Waals surface area contributed by atoms with Crippen molar-refractivity contribution >= 4 is 31.9 Å². The fourth-order valence-corrected chi connectivity index (χ4v) is 1.57. The van der Waals surface area contributed by atoms with E-state index in [9.17, 15) is 8.78 Å². The first-order valence-electron chi connectivity index (χ1n) is 3.26. The molecule has 0 amide bonds. The quantitative estimate of drug-likeness (QED) is 0.575. The number of halogens is 4. The van der Waals surface area contributed by atoms with Crippen LogP contribution in [0.1, 0.15) is 5.56 Å². The molecule has 0 saturated carbocycles. The standard InChI is InChI=1S/C8H3Br2F2N/c9-6-5(11)3-4(1-2-13)8(12)7(6)10/h3H,1H2. The van der Waals surface area contributed by atoms with Crippen LogP contribution in [0.5, 0.6) is 0 Å². The van der Waals surface area contributed by atoms with Crippen molar-refractivity contribution < 1.29 is 8.78 Å². The lowest BCUT2D eigenvalue weighted by molar-refractivity contribution is 0.578. The first kappa shape index (κ1) is 10.6. The van der Waals surface area contributed by atoms with Gasteiger partial charge in [-0.1, -0.05) is 0 Å². The fourth-order valence-electron chi connectivity index (χ4n) is 0.836. The number of hydrogen-bond acceptors (Lipinski definition) is 1. The molecule has 0 fully saturated rings. The van der Waals surface area contributed by atoms with Crippen LogP contribution < -0.4 is 0 Å². The Balaban J connectivity index is 3.34. The van der Waals surface area contributed by atoms with E-state index in [2.05, 4.69) is 31.9 Å². The molecule has 0 radical (unpaired) electrons. The van der Waals surface area contributed by atoms with Gasteiger partial charge in [0.1, 0.15) is 11.6 Å². The van der Waals surface area contributed by atoms with E-state index < -0.39 is 11.6 Å². The van der Waals surface area contributed by atoms with E-state index in [0.29, 0.717) is 0 Å². The zero-order valence-corrected chi connectivity index (χ0v) is 9.42. The van der Waals surface area contributed by atoms with Gasteiger partial charge in [-0.25, -0.2) is 8.78 Å². The molecule has 0 unspecified atom stereocenters. The van der Waals surface area contributed by atoms with Crippen LogP contribution in [0.4, 0.5) is 8.78 Å². The number of nitrogens with zero attached hydrogens (tertiary/aromatic N) is 1. The van der Waals surface area contributed by atoms with Crippen LogP contribution in [-0.2, 0) is 6.42 Å². The Bertz CT molecular complexity index is 385. The normalized spacial score (nSPS) is 9.77. The first-order valence-corrected chi connectivity index (χ1v) is 4.85. The second kappa shape index (κ2) is 4.16. The van der Waals surface area contributed by atoms with Crippen LogP contribution in [0, 0.1) is 23.0 Å². The highest BCUT2D eigenvalue weighted by molar-refractivity contribution is 9.13. The summed E-state index contributed by atoms with van der Waals surface area (Å²) in [6.07, 6.45) is -0.144. The van der Waals surface area contributed by atoms with Crippen molar-refractivity contribution in [3.63, 3.8) is 0 Å². The van der Waals surface area contributed by atoms with Gasteiger partial charge in [0.2, 0.25) is 0 Å². The number of nitriles is 1. The van der Waals surface area contributed by atoms with Gasteiger partial charge in [-0.15, -0.1) is 0 Å². The van der Waals surface area contributed by atoms with E-state index in [1.807, 2.05) is 0 Å². The van der Waals surface area contributed by atoms with Gasteiger partial charge in [-0.2, -0.15) is 5.26 Å². The van der Waals surface area contributed by atoms with Gasteiger partial charge >= 0.3 is 0 Å². The molecule has 1 rings (SSSR count). The Hall–Kier alpha value is -0.470. The fraction of sp³-hybridized carbons (Fsp3) is 0.125. The van der Waals surface area contributed by atoms with Crippen LogP contribution >= 0.6 is 31.9 Å². The first-order chi connectivity index (χ1) is 6.07. The third-order valence-electron chi connectivity index (χ3n) is 1.45. The summed E-state index contributed by atoms with van der Waals surface area (Å²) < 4.78 is 26.3. The molecule has 0 spiro atoms. The van der Waals surface area contributed by atoms with Crippen molar-refractivity contribution in [2.75, 3.05) is 0 Å². The maximum atomic E-state index is 13.2. The topological polar surface area (TPSA) is 23.8 Å². The van der Waals surface area contributed by atoms with Crippen molar-refractivity contribution in [3.05, 3.63) is 32.2 Å². The molecular formula is C8H3Br2F2N. The average Bonchev–Trinajstić information content (AvgIpc) is 2.11. The molecule has 5 heteroatoms. The predicted molar refractivity (Wildman–Crippen MR) is 51.1 cm³/mol. The molecule has 0 atom stereocenters. The summed E-state index contributed by atoms with van der Waals surface area (Å²) in [6.45, 7) is 0. The van der Waals surface area contributed by atoms with Gasteiger partial charge in [0.15, 0.2) is 0 Å². The zero-order valence-electron chi connectivity index (χ0n) is 6.24. The lowest BCUT2D eigenvalue weighted by Gasteiger charge is -2.03. The second-order valence-corrected chi connectivity index (χ2v) is 3.88. The SMILES string of the molecule is N#CCc1cc(F)c(Br)c(Br)c1F. The van der Waals surface area contributed by atoms with Crippen molar-refractivity contribution in [2.24, 2.45) is 0 Å². The molecule has 0 heterocycles. The summed E-state index contributed by atoms with van der Waals surface area (Å²) in [5.41, 5.74) is 0.0510. The summed E-state index contributed by atoms with van der Waals surface area (Å²) in [5.74, 6) is -1.19. The minimum Gasteiger partial charge on any atom is -0.206 e. The van der Waals surface area contributed by atoms with E-state index in [4.69, 9.17) is 5.26 Å². The van der Waals surface area contributed by atoms with Crippen molar-refractivity contribution in [2.45, 2.75) is 6.42 Å². The number of rotatable bonds is 1. The predicted octanol–water partition coefficient (Wildman–Crippen LogP) is 3.56. The van der Waals surface area contributed by atoms with Crippen molar-refractivity contribution in [1.29, 1.82) is 5.26 Å². The van der Waals surface area contributed by atoms with Gasteiger partial charge in [-0.05, 0) is 37.9 Å². The van der Waals surface area contributed by atoms with E-state index in [1.165, 1.54) is 0 Å². The van der Waals surface area contributed by atoms with Gasteiger partial charge < -0.3 is 0 Å². The summed E-state index contributed by atoms with van der Waals surface area (Å²) in [7, 11) is 0. The Morgan fingerprint density at radius 1 is 1.31 bits per heavy atom. The molecule has 1 aromatic carbocycles. The lowest BCUT2D eigenvalue weighted by atomic mass is 10.1. The molecule has 0 bridgehead atoms. The Labute approximate surface area is 90.6 Å². The molecule has 0 N–H and O–H groups in total. The minimum absolute atomic E-state index is 0.0118. The second-order valence-electron chi connectivity index (χ2n) is 2.29. The maximum absolute atomic E-state index is 13.2. The van der Waals surface area contributed by atoms with Crippen LogP contribution in [0.15, 0.2) is 15.0 Å². The summed E-state index contributed by atoms with van der Waals surface area (Å²) in [6, 6.07) is 2.76. The van der Waals surface area contributed by atoms with Gasteiger partial charge in [0.05, 0.1) is 21.4 Å². The Morgan fingerprint density at radius 2 is 1.92 bits per heavy atom. The average molecular weight is 311 g/mol. The van der Waals surface area contributed by atoms with Crippen molar-refractivity contribution in [1.82, 2.24) is 0 Å². The highest BCUT2D eigenvalue weighted by Crippen LogP contribution is 2.30. The van der Waals surface area contributed by atoms with Crippen LogP contribution in [-0.4, -0.2) is 0 Å². The minimum atomic E-state index is -0.602. The monoisotopic (exact) mass is 309 g/mol. The third-order valence-corrected chi connectivity index (χ3v) is 3.50. The van der Waals surface area contributed by atoms with E-state index >= 15 is 0 Å². The highest BCUT2D eigenvalue weighted by Gasteiger charge is 2.14. The van der Waals surface area contributed by atoms with E-state index in [-0.39, 0.29) is 20.9 Å². The van der Waals surface area contributed by atoms with Crippen LogP contribution in [0.25, 0.3) is 0 Å². The van der Waals surface area contributed by atoms with E-state index in [0.717, 1.165) is 6.07 Å². The summed E-state index contributed by atoms with van der Waals surface area (Å²) in [4.78, 5) is 0. The van der Waals surface area contributed by atoms with Gasteiger partial charge in [-0.3, -0.25) is 0 Å². The highest BCUT2D eigenvalue weighted by atomic mass is 79.9. The molecule has 0 aliphatic rings.